The molecule has 1 rings (SSSR count). The van der Waals surface area contributed by atoms with E-state index in [-0.39, 0.29) is 11.1 Å². The fraction of sp³-hybridized carbons (Fsp3) is 0.222. The molecule has 0 spiro atoms. The van der Waals surface area contributed by atoms with Crippen molar-refractivity contribution in [2.75, 3.05) is 0 Å². The summed E-state index contributed by atoms with van der Waals surface area (Å²) in [5.41, 5.74) is 0.000200. The molecule has 0 aromatic heterocycles. The van der Waals surface area contributed by atoms with Crippen LogP contribution >= 0.6 is 0 Å². The normalized spacial score (nSPS) is 12.9. The molecule has 3 nitrogen and oxygen atoms in total. The molecule has 1 aromatic rings. The zero-order chi connectivity index (χ0) is 10.7. The van der Waals surface area contributed by atoms with Crippen molar-refractivity contribution in [1.29, 1.82) is 0 Å². The first-order valence-corrected chi connectivity index (χ1v) is 3.82. The maximum Gasteiger partial charge on any atom is 0.335 e. The summed E-state index contributed by atoms with van der Waals surface area (Å²) < 4.78 is 24.0. The summed E-state index contributed by atoms with van der Waals surface area (Å²) in [7, 11) is 0. The zero-order valence-electron chi connectivity index (χ0n) is 7.02. The summed E-state index contributed by atoms with van der Waals surface area (Å²) in [6.07, 6.45) is -4.73. The molecule has 0 fully saturated rings. The Balaban J connectivity index is 2.88. The van der Waals surface area contributed by atoms with Gasteiger partial charge in [0.1, 0.15) is 6.10 Å². The van der Waals surface area contributed by atoms with Gasteiger partial charge in [0.05, 0.1) is 5.56 Å². The van der Waals surface area contributed by atoms with Crippen molar-refractivity contribution in [3.05, 3.63) is 35.4 Å². The molecule has 76 valence electrons. The van der Waals surface area contributed by atoms with Gasteiger partial charge in [-0.05, 0) is 17.7 Å². The number of hydrogen-bond acceptors (Lipinski definition) is 2. The van der Waals surface area contributed by atoms with E-state index < -0.39 is 18.5 Å². The third kappa shape index (κ3) is 2.26. The molecular weight excluding hydrogens is 194 g/mol. The van der Waals surface area contributed by atoms with Crippen molar-refractivity contribution in [3.8, 4) is 0 Å². The third-order valence-electron chi connectivity index (χ3n) is 1.74. The SMILES string of the molecule is O=C(O)c1ccc([C@@H](O)C(F)F)cc1. The van der Waals surface area contributed by atoms with Gasteiger partial charge in [0.15, 0.2) is 0 Å². The Kier molecular flexibility index (Phi) is 3.14. The van der Waals surface area contributed by atoms with Gasteiger partial charge in [-0.25, -0.2) is 13.6 Å². The predicted octanol–water partition coefficient (Wildman–Crippen LogP) is 1.68. The molecule has 0 radical (unpaired) electrons. The maximum atomic E-state index is 12.0. The lowest BCUT2D eigenvalue weighted by atomic mass is 10.1. The molecule has 0 saturated carbocycles. The van der Waals surface area contributed by atoms with Crippen LogP contribution in [0.3, 0.4) is 0 Å². The summed E-state index contributed by atoms with van der Waals surface area (Å²) in [5.74, 6) is -1.14. The molecule has 0 aliphatic heterocycles. The van der Waals surface area contributed by atoms with Gasteiger partial charge in [-0.2, -0.15) is 0 Å². The van der Waals surface area contributed by atoms with Gasteiger partial charge in [0.25, 0.3) is 6.43 Å². The van der Waals surface area contributed by atoms with Crippen LogP contribution < -0.4 is 0 Å². The van der Waals surface area contributed by atoms with Crippen LogP contribution in [0.5, 0.6) is 0 Å². The summed E-state index contributed by atoms with van der Waals surface area (Å²) in [6.45, 7) is 0. The molecule has 0 saturated heterocycles. The van der Waals surface area contributed by atoms with Crippen molar-refractivity contribution in [1.82, 2.24) is 0 Å². The number of halogens is 2. The minimum atomic E-state index is -2.87. The first-order chi connectivity index (χ1) is 6.52. The van der Waals surface area contributed by atoms with E-state index in [0.29, 0.717) is 0 Å². The van der Waals surface area contributed by atoms with Crippen molar-refractivity contribution >= 4 is 5.97 Å². The van der Waals surface area contributed by atoms with Gasteiger partial charge in [0.2, 0.25) is 0 Å². The van der Waals surface area contributed by atoms with Gasteiger partial charge in [-0.15, -0.1) is 0 Å². The van der Waals surface area contributed by atoms with Crippen LogP contribution in [0.15, 0.2) is 24.3 Å². The number of hydrogen-bond donors (Lipinski definition) is 2. The van der Waals surface area contributed by atoms with Gasteiger partial charge in [0, 0.05) is 0 Å². The fourth-order valence-electron chi connectivity index (χ4n) is 0.968. The van der Waals surface area contributed by atoms with Gasteiger partial charge < -0.3 is 10.2 Å². The van der Waals surface area contributed by atoms with Gasteiger partial charge in [-0.1, -0.05) is 12.1 Å². The van der Waals surface area contributed by atoms with Crippen molar-refractivity contribution < 1.29 is 23.8 Å². The van der Waals surface area contributed by atoms with Crippen LogP contribution in [-0.2, 0) is 0 Å². The molecule has 0 amide bonds. The fourth-order valence-corrected chi connectivity index (χ4v) is 0.968. The minimum Gasteiger partial charge on any atom is -0.478 e. The molecule has 1 atom stereocenters. The molecule has 14 heavy (non-hydrogen) atoms. The van der Waals surface area contributed by atoms with Crippen molar-refractivity contribution in [2.24, 2.45) is 0 Å². The van der Waals surface area contributed by atoms with Crippen molar-refractivity contribution in [3.63, 3.8) is 0 Å². The van der Waals surface area contributed by atoms with Crippen LogP contribution in [-0.4, -0.2) is 22.6 Å². The minimum absolute atomic E-state index is 0.00443. The van der Waals surface area contributed by atoms with Crippen LogP contribution in [0.4, 0.5) is 8.78 Å². The van der Waals surface area contributed by atoms with Crippen LogP contribution in [0.1, 0.15) is 22.0 Å². The number of rotatable bonds is 3. The highest BCUT2D eigenvalue weighted by Crippen LogP contribution is 2.20. The van der Waals surface area contributed by atoms with E-state index in [0.717, 1.165) is 0 Å². The number of carboxylic acids is 1. The molecule has 2 N–H and O–H groups in total. The number of carboxylic acid groups (broad SMARTS) is 1. The number of aromatic carboxylic acids is 1. The molecule has 0 unspecified atom stereocenters. The Morgan fingerprint density at radius 2 is 1.71 bits per heavy atom. The molecule has 0 heterocycles. The lowest BCUT2D eigenvalue weighted by Gasteiger charge is -2.09. The standard InChI is InChI=1S/C9H8F2O3/c10-8(11)7(12)5-1-3-6(4-2-5)9(13)14/h1-4,7-8,12H,(H,13,14)/t7-/m1/s1. The van der Waals surface area contributed by atoms with E-state index >= 15 is 0 Å². The second kappa shape index (κ2) is 4.15. The summed E-state index contributed by atoms with van der Waals surface area (Å²) in [6, 6.07) is 4.67. The summed E-state index contributed by atoms with van der Waals surface area (Å²) in [4.78, 5) is 10.4. The molecule has 1 aromatic carbocycles. The molecular formula is C9H8F2O3. The largest absolute Gasteiger partial charge is 0.478 e. The third-order valence-corrected chi connectivity index (χ3v) is 1.74. The first kappa shape index (κ1) is 10.6. The lowest BCUT2D eigenvalue weighted by molar-refractivity contribution is -0.00578. The molecule has 0 aliphatic rings. The Bertz CT molecular complexity index is 321. The van der Waals surface area contributed by atoms with Gasteiger partial charge in [-0.3, -0.25) is 0 Å². The lowest BCUT2D eigenvalue weighted by Crippen LogP contribution is -2.08. The average Bonchev–Trinajstić information content (AvgIpc) is 2.16. The Labute approximate surface area is 78.6 Å². The number of benzene rings is 1. The van der Waals surface area contributed by atoms with E-state index in [9.17, 15) is 13.6 Å². The summed E-state index contributed by atoms with van der Waals surface area (Å²) in [5, 5.41) is 17.4. The quantitative estimate of drug-likeness (QED) is 0.784. The predicted molar refractivity (Wildman–Crippen MR) is 44.4 cm³/mol. The van der Waals surface area contributed by atoms with E-state index in [1.807, 2.05) is 0 Å². The Morgan fingerprint density at radius 3 is 2.07 bits per heavy atom. The van der Waals surface area contributed by atoms with Gasteiger partial charge >= 0.3 is 5.97 Å². The molecule has 0 aliphatic carbocycles. The Morgan fingerprint density at radius 1 is 1.21 bits per heavy atom. The first-order valence-electron chi connectivity index (χ1n) is 3.82. The van der Waals surface area contributed by atoms with Crippen LogP contribution in [0, 0.1) is 0 Å². The molecule has 0 bridgehead atoms. The number of carbonyl (C=O) groups is 1. The number of alkyl halides is 2. The smallest absolute Gasteiger partial charge is 0.335 e. The number of aliphatic hydroxyl groups excluding tert-OH is 1. The highest BCUT2D eigenvalue weighted by Gasteiger charge is 2.18. The van der Waals surface area contributed by atoms with E-state index in [2.05, 4.69) is 0 Å². The van der Waals surface area contributed by atoms with E-state index in [1.165, 1.54) is 24.3 Å². The van der Waals surface area contributed by atoms with E-state index in [4.69, 9.17) is 10.2 Å². The monoisotopic (exact) mass is 202 g/mol. The highest BCUT2D eigenvalue weighted by molar-refractivity contribution is 5.87. The Hall–Kier alpha value is -1.49. The topological polar surface area (TPSA) is 57.5 Å². The second-order valence-corrected chi connectivity index (χ2v) is 2.71. The van der Waals surface area contributed by atoms with Crippen LogP contribution in [0.2, 0.25) is 0 Å². The molecule has 5 heteroatoms. The zero-order valence-corrected chi connectivity index (χ0v) is 7.02. The van der Waals surface area contributed by atoms with Crippen molar-refractivity contribution in [2.45, 2.75) is 12.5 Å². The summed E-state index contributed by atoms with van der Waals surface area (Å²) >= 11 is 0. The maximum absolute atomic E-state index is 12.0. The number of aliphatic hydroxyl groups is 1. The second-order valence-electron chi connectivity index (χ2n) is 2.71. The average molecular weight is 202 g/mol. The highest BCUT2D eigenvalue weighted by atomic mass is 19.3. The van der Waals surface area contributed by atoms with E-state index in [1.54, 1.807) is 0 Å². The van der Waals surface area contributed by atoms with Crippen LogP contribution in [0.25, 0.3) is 0 Å².